The zero-order chi connectivity index (χ0) is 14.6. The number of hydrogen-bond acceptors (Lipinski definition) is 2. The van der Waals surface area contributed by atoms with E-state index >= 15 is 0 Å². The molecule has 3 heteroatoms. The molecule has 1 aliphatic rings. The van der Waals surface area contributed by atoms with Crippen molar-refractivity contribution in [2.24, 2.45) is 17.3 Å². The lowest BCUT2D eigenvalue weighted by atomic mass is 9.78. The van der Waals surface area contributed by atoms with Crippen molar-refractivity contribution in [3.05, 3.63) is 0 Å². The van der Waals surface area contributed by atoms with E-state index in [-0.39, 0.29) is 17.2 Å². The van der Waals surface area contributed by atoms with Crippen LogP contribution in [0.5, 0.6) is 0 Å². The number of carbonyl (C=O) groups excluding carboxylic acids is 1. The smallest absolute Gasteiger partial charge is 0.222 e. The Balaban J connectivity index is 2.50. The van der Waals surface area contributed by atoms with E-state index in [1.54, 1.807) is 0 Å². The van der Waals surface area contributed by atoms with E-state index in [2.05, 4.69) is 37.9 Å². The zero-order valence-electron chi connectivity index (χ0n) is 13.6. The third-order valence-electron chi connectivity index (χ3n) is 4.17. The Kier molecular flexibility index (Phi) is 5.84. The van der Waals surface area contributed by atoms with Gasteiger partial charge in [-0.2, -0.15) is 0 Å². The van der Waals surface area contributed by atoms with Crippen LogP contribution in [0.15, 0.2) is 0 Å². The molecule has 0 spiro atoms. The van der Waals surface area contributed by atoms with Crippen molar-refractivity contribution in [1.29, 1.82) is 0 Å². The van der Waals surface area contributed by atoms with Crippen molar-refractivity contribution in [1.82, 2.24) is 10.2 Å². The van der Waals surface area contributed by atoms with Crippen molar-refractivity contribution >= 4 is 5.91 Å². The van der Waals surface area contributed by atoms with E-state index in [0.29, 0.717) is 6.04 Å². The van der Waals surface area contributed by atoms with E-state index in [0.717, 1.165) is 25.4 Å². The number of nitrogens with zero attached hydrogens (tertiary/aromatic N) is 1. The van der Waals surface area contributed by atoms with Gasteiger partial charge in [-0.3, -0.25) is 4.79 Å². The molecule has 0 aromatic carbocycles. The SMILES string of the molecule is CC(C)CCN1CC[C@@H](NC(=O)C(C)C)C(C)(C)C1. The molecule has 0 saturated carbocycles. The molecule has 112 valence electrons. The quantitative estimate of drug-likeness (QED) is 0.831. The summed E-state index contributed by atoms with van der Waals surface area (Å²) in [7, 11) is 0. The molecule has 0 radical (unpaired) electrons. The Bertz CT molecular complexity index is 297. The van der Waals surface area contributed by atoms with E-state index in [1.807, 2.05) is 13.8 Å². The lowest BCUT2D eigenvalue weighted by Gasteiger charge is -2.45. The number of likely N-dealkylation sites (tertiary alicyclic amines) is 1. The molecule has 0 bridgehead atoms. The third kappa shape index (κ3) is 5.13. The standard InChI is InChI=1S/C16H32N2O/c1-12(2)7-9-18-10-8-14(16(5,6)11-18)17-15(19)13(3)4/h12-14H,7-11H2,1-6H3,(H,17,19)/t14-/m1/s1. The lowest BCUT2D eigenvalue weighted by Crippen LogP contribution is -2.56. The summed E-state index contributed by atoms with van der Waals surface area (Å²) >= 11 is 0. The maximum atomic E-state index is 11.9. The van der Waals surface area contributed by atoms with Gasteiger partial charge in [0.15, 0.2) is 0 Å². The Morgan fingerprint density at radius 1 is 1.32 bits per heavy atom. The monoisotopic (exact) mass is 268 g/mol. The van der Waals surface area contributed by atoms with Gasteiger partial charge in [0, 0.05) is 25.0 Å². The molecular formula is C16H32N2O. The van der Waals surface area contributed by atoms with Crippen LogP contribution in [-0.4, -0.2) is 36.5 Å². The van der Waals surface area contributed by atoms with E-state index < -0.39 is 0 Å². The first-order chi connectivity index (χ1) is 8.72. The molecule has 1 atom stereocenters. The van der Waals surface area contributed by atoms with Crippen LogP contribution in [0.25, 0.3) is 0 Å². The normalized spacial score (nSPS) is 23.9. The summed E-state index contributed by atoms with van der Waals surface area (Å²) in [4.78, 5) is 14.4. The van der Waals surface area contributed by atoms with Crippen LogP contribution >= 0.6 is 0 Å². The third-order valence-corrected chi connectivity index (χ3v) is 4.17. The average Bonchev–Trinajstić information content (AvgIpc) is 2.28. The second-order valence-corrected chi connectivity index (χ2v) is 7.45. The minimum atomic E-state index is 0.0785. The Morgan fingerprint density at radius 2 is 1.95 bits per heavy atom. The molecule has 0 aliphatic carbocycles. The maximum absolute atomic E-state index is 11.9. The van der Waals surface area contributed by atoms with Crippen LogP contribution in [0.4, 0.5) is 0 Å². The number of piperidine rings is 1. The summed E-state index contributed by atoms with van der Waals surface area (Å²) < 4.78 is 0. The predicted molar refractivity (Wildman–Crippen MR) is 81.1 cm³/mol. The van der Waals surface area contributed by atoms with Crippen LogP contribution in [0.2, 0.25) is 0 Å². The van der Waals surface area contributed by atoms with Crippen molar-refractivity contribution in [3.63, 3.8) is 0 Å². The minimum absolute atomic E-state index is 0.0785. The van der Waals surface area contributed by atoms with E-state index in [9.17, 15) is 4.79 Å². The van der Waals surface area contributed by atoms with E-state index in [4.69, 9.17) is 0 Å². The molecule has 1 aliphatic heterocycles. The summed E-state index contributed by atoms with van der Waals surface area (Å²) in [6, 6.07) is 0.317. The Labute approximate surface area is 119 Å². The summed E-state index contributed by atoms with van der Waals surface area (Å²) in [6.45, 7) is 16.4. The second-order valence-electron chi connectivity index (χ2n) is 7.45. The Morgan fingerprint density at radius 3 is 2.42 bits per heavy atom. The van der Waals surface area contributed by atoms with Gasteiger partial charge in [-0.15, -0.1) is 0 Å². The Hall–Kier alpha value is -0.570. The fourth-order valence-electron chi connectivity index (χ4n) is 2.71. The molecule has 19 heavy (non-hydrogen) atoms. The number of amides is 1. The zero-order valence-corrected chi connectivity index (χ0v) is 13.6. The molecule has 1 amide bonds. The number of rotatable bonds is 5. The summed E-state index contributed by atoms with van der Waals surface area (Å²) in [5, 5.41) is 3.23. The largest absolute Gasteiger partial charge is 0.353 e. The number of hydrogen-bond donors (Lipinski definition) is 1. The molecule has 0 unspecified atom stereocenters. The first kappa shape index (κ1) is 16.5. The number of carbonyl (C=O) groups is 1. The summed E-state index contributed by atoms with van der Waals surface area (Å²) in [5.41, 5.74) is 0.166. The molecule has 0 aromatic heterocycles. The van der Waals surface area contributed by atoms with E-state index in [1.165, 1.54) is 13.0 Å². The highest BCUT2D eigenvalue weighted by molar-refractivity contribution is 5.78. The van der Waals surface area contributed by atoms with Gasteiger partial charge in [-0.1, -0.05) is 41.5 Å². The molecule has 0 aromatic rings. The highest BCUT2D eigenvalue weighted by Crippen LogP contribution is 2.29. The van der Waals surface area contributed by atoms with Crippen molar-refractivity contribution in [3.8, 4) is 0 Å². The topological polar surface area (TPSA) is 32.3 Å². The predicted octanol–water partition coefficient (Wildman–Crippen LogP) is 2.91. The van der Waals surface area contributed by atoms with Gasteiger partial charge in [0.2, 0.25) is 5.91 Å². The number of nitrogens with one attached hydrogen (secondary N) is 1. The fraction of sp³-hybridized carbons (Fsp3) is 0.938. The molecule has 3 nitrogen and oxygen atoms in total. The maximum Gasteiger partial charge on any atom is 0.222 e. The van der Waals surface area contributed by atoms with Gasteiger partial charge < -0.3 is 10.2 Å². The minimum Gasteiger partial charge on any atom is -0.353 e. The van der Waals surface area contributed by atoms with Crippen LogP contribution < -0.4 is 5.32 Å². The fourth-order valence-corrected chi connectivity index (χ4v) is 2.71. The first-order valence-corrected chi connectivity index (χ1v) is 7.75. The molecule has 1 heterocycles. The van der Waals surface area contributed by atoms with Gasteiger partial charge >= 0.3 is 0 Å². The summed E-state index contributed by atoms with van der Waals surface area (Å²) in [5.74, 6) is 1.03. The van der Waals surface area contributed by atoms with Crippen molar-refractivity contribution in [2.75, 3.05) is 19.6 Å². The summed E-state index contributed by atoms with van der Waals surface area (Å²) in [6.07, 6.45) is 2.34. The molecular weight excluding hydrogens is 236 g/mol. The molecule has 1 saturated heterocycles. The van der Waals surface area contributed by atoms with Gasteiger partial charge in [0.1, 0.15) is 0 Å². The highest BCUT2D eigenvalue weighted by Gasteiger charge is 2.36. The van der Waals surface area contributed by atoms with Gasteiger partial charge in [0.25, 0.3) is 0 Å². The molecule has 1 N–H and O–H groups in total. The molecule has 1 rings (SSSR count). The highest BCUT2D eigenvalue weighted by atomic mass is 16.1. The first-order valence-electron chi connectivity index (χ1n) is 7.75. The van der Waals surface area contributed by atoms with Gasteiger partial charge in [-0.25, -0.2) is 0 Å². The lowest BCUT2D eigenvalue weighted by molar-refractivity contribution is -0.126. The molecule has 1 fully saturated rings. The van der Waals surface area contributed by atoms with Crippen LogP contribution in [0.1, 0.15) is 54.4 Å². The van der Waals surface area contributed by atoms with Gasteiger partial charge in [-0.05, 0) is 30.7 Å². The van der Waals surface area contributed by atoms with Crippen molar-refractivity contribution < 1.29 is 4.79 Å². The second kappa shape index (κ2) is 6.74. The van der Waals surface area contributed by atoms with Gasteiger partial charge in [0.05, 0.1) is 0 Å². The average molecular weight is 268 g/mol. The van der Waals surface area contributed by atoms with Crippen LogP contribution in [-0.2, 0) is 4.79 Å². The van der Waals surface area contributed by atoms with Crippen LogP contribution in [0, 0.1) is 17.3 Å². The van der Waals surface area contributed by atoms with Crippen molar-refractivity contribution in [2.45, 2.75) is 60.4 Å². The van der Waals surface area contributed by atoms with Crippen LogP contribution in [0.3, 0.4) is 0 Å².